The predicted octanol–water partition coefficient (Wildman–Crippen LogP) is 4.41. The molecule has 2 aromatic rings. The van der Waals surface area contributed by atoms with Crippen LogP contribution in [0.25, 0.3) is 11.3 Å². The number of aryl methyl sites for hydroxylation is 1. The Morgan fingerprint density at radius 2 is 1.88 bits per heavy atom. The molecule has 1 aromatic heterocycles. The van der Waals surface area contributed by atoms with Gasteiger partial charge in [0.15, 0.2) is 0 Å². The molecule has 0 spiro atoms. The van der Waals surface area contributed by atoms with Gasteiger partial charge in [-0.25, -0.2) is 4.39 Å². The average Bonchev–Trinajstić information content (AvgIpc) is 2.72. The fraction of sp³-hybridized carbons (Fsp3) is 0.167. The number of benzene rings is 1. The molecule has 2 rings (SSSR count). The molecule has 0 aliphatic rings. The molecule has 0 atom stereocenters. The van der Waals surface area contributed by atoms with Crippen molar-refractivity contribution in [3.05, 3.63) is 47.5 Å². The molecular formula is C12H8F4O. The highest BCUT2D eigenvalue weighted by molar-refractivity contribution is 5.60. The second kappa shape index (κ2) is 3.91. The molecule has 0 aliphatic carbocycles. The van der Waals surface area contributed by atoms with Crippen molar-refractivity contribution in [2.75, 3.05) is 0 Å². The van der Waals surface area contributed by atoms with E-state index in [2.05, 4.69) is 0 Å². The molecule has 90 valence electrons. The number of hydrogen-bond acceptors (Lipinski definition) is 1. The molecule has 0 amide bonds. The first-order chi connectivity index (χ1) is 7.89. The van der Waals surface area contributed by atoms with Gasteiger partial charge >= 0.3 is 6.18 Å². The van der Waals surface area contributed by atoms with E-state index in [1.165, 1.54) is 19.3 Å². The van der Waals surface area contributed by atoms with Gasteiger partial charge in [0.1, 0.15) is 11.6 Å². The lowest BCUT2D eigenvalue weighted by atomic mass is 10.0. The number of alkyl halides is 3. The van der Waals surface area contributed by atoms with Crippen LogP contribution in [-0.2, 0) is 6.18 Å². The van der Waals surface area contributed by atoms with Gasteiger partial charge in [0, 0.05) is 0 Å². The van der Waals surface area contributed by atoms with Crippen molar-refractivity contribution < 1.29 is 22.0 Å². The van der Waals surface area contributed by atoms with Crippen LogP contribution in [0.1, 0.15) is 11.1 Å². The molecule has 0 N–H and O–H groups in total. The number of furan rings is 1. The van der Waals surface area contributed by atoms with Gasteiger partial charge in [0.05, 0.1) is 17.4 Å². The van der Waals surface area contributed by atoms with E-state index >= 15 is 0 Å². The van der Waals surface area contributed by atoms with Gasteiger partial charge in [-0.05, 0) is 36.8 Å². The number of rotatable bonds is 1. The number of hydrogen-bond donors (Lipinski definition) is 0. The van der Waals surface area contributed by atoms with Crippen LogP contribution in [0, 0.1) is 12.7 Å². The van der Waals surface area contributed by atoms with Crippen molar-refractivity contribution in [3.8, 4) is 11.3 Å². The lowest BCUT2D eigenvalue weighted by Crippen LogP contribution is -2.08. The zero-order chi connectivity index (χ0) is 12.6. The Bertz CT molecular complexity index is 526. The highest BCUT2D eigenvalue weighted by Gasteiger charge is 2.33. The van der Waals surface area contributed by atoms with Crippen LogP contribution in [0.2, 0.25) is 0 Å². The smallest absolute Gasteiger partial charge is 0.416 e. The van der Waals surface area contributed by atoms with Gasteiger partial charge in [0.25, 0.3) is 0 Å². The zero-order valence-electron chi connectivity index (χ0n) is 8.81. The third-order valence-corrected chi connectivity index (χ3v) is 2.41. The molecule has 0 aliphatic heterocycles. The molecule has 0 bridgehead atoms. The SMILES string of the molecule is Cc1cc(-c2ccco2)c(F)cc1C(F)(F)F. The van der Waals surface area contributed by atoms with E-state index in [9.17, 15) is 17.6 Å². The van der Waals surface area contributed by atoms with Crippen LogP contribution >= 0.6 is 0 Å². The Morgan fingerprint density at radius 1 is 1.18 bits per heavy atom. The maximum atomic E-state index is 13.6. The maximum absolute atomic E-state index is 13.6. The summed E-state index contributed by atoms with van der Waals surface area (Å²) in [6, 6.07) is 4.66. The largest absolute Gasteiger partial charge is 0.464 e. The monoisotopic (exact) mass is 244 g/mol. The van der Waals surface area contributed by atoms with E-state index in [1.54, 1.807) is 6.07 Å². The summed E-state index contributed by atoms with van der Waals surface area (Å²) in [7, 11) is 0. The van der Waals surface area contributed by atoms with Gasteiger partial charge in [-0.2, -0.15) is 13.2 Å². The summed E-state index contributed by atoms with van der Waals surface area (Å²) in [6.45, 7) is 1.29. The Balaban J connectivity index is 2.57. The van der Waals surface area contributed by atoms with Crippen LogP contribution in [0.3, 0.4) is 0 Å². The van der Waals surface area contributed by atoms with Gasteiger partial charge < -0.3 is 4.42 Å². The molecule has 0 radical (unpaired) electrons. The number of halogens is 4. The summed E-state index contributed by atoms with van der Waals surface area (Å²) < 4.78 is 56.1. The van der Waals surface area contributed by atoms with E-state index in [4.69, 9.17) is 4.42 Å². The van der Waals surface area contributed by atoms with Crippen LogP contribution in [-0.4, -0.2) is 0 Å². The summed E-state index contributed by atoms with van der Waals surface area (Å²) >= 11 is 0. The second-order valence-corrected chi connectivity index (χ2v) is 3.62. The van der Waals surface area contributed by atoms with Crippen molar-refractivity contribution >= 4 is 0 Å². The molecule has 1 nitrogen and oxygen atoms in total. The highest BCUT2D eigenvalue weighted by atomic mass is 19.4. The van der Waals surface area contributed by atoms with Crippen molar-refractivity contribution in [2.24, 2.45) is 0 Å². The van der Waals surface area contributed by atoms with Gasteiger partial charge in [-0.15, -0.1) is 0 Å². The third-order valence-electron chi connectivity index (χ3n) is 2.41. The maximum Gasteiger partial charge on any atom is 0.416 e. The molecule has 5 heteroatoms. The lowest BCUT2D eigenvalue weighted by molar-refractivity contribution is -0.138. The first-order valence-corrected chi connectivity index (χ1v) is 4.81. The first kappa shape index (κ1) is 11.7. The third kappa shape index (κ3) is 2.18. The molecule has 1 heterocycles. The van der Waals surface area contributed by atoms with Gasteiger partial charge in [-0.3, -0.25) is 0 Å². The van der Waals surface area contributed by atoms with Crippen molar-refractivity contribution in [1.82, 2.24) is 0 Å². The van der Waals surface area contributed by atoms with Gasteiger partial charge in [-0.1, -0.05) is 0 Å². The lowest BCUT2D eigenvalue weighted by Gasteiger charge is -2.11. The second-order valence-electron chi connectivity index (χ2n) is 3.62. The molecular weight excluding hydrogens is 236 g/mol. The summed E-state index contributed by atoms with van der Waals surface area (Å²) in [5.41, 5.74) is -0.976. The molecule has 17 heavy (non-hydrogen) atoms. The Kier molecular flexibility index (Phi) is 2.69. The van der Waals surface area contributed by atoms with Crippen LogP contribution in [0.15, 0.2) is 34.9 Å². The fourth-order valence-electron chi connectivity index (χ4n) is 1.61. The summed E-state index contributed by atoms with van der Waals surface area (Å²) in [5.74, 6) is -0.739. The molecule has 0 saturated heterocycles. The minimum Gasteiger partial charge on any atom is -0.464 e. The molecule has 1 aromatic carbocycles. The Hall–Kier alpha value is -1.78. The van der Waals surface area contributed by atoms with Crippen molar-refractivity contribution in [2.45, 2.75) is 13.1 Å². The summed E-state index contributed by atoms with van der Waals surface area (Å²) in [4.78, 5) is 0. The van der Waals surface area contributed by atoms with E-state index in [1.807, 2.05) is 0 Å². The van der Waals surface area contributed by atoms with Crippen LogP contribution < -0.4 is 0 Å². The van der Waals surface area contributed by atoms with E-state index < -0.39 is 17.6 Å². The van der Waals surface area contributed by atoms with Crippen molar-refractivity contribution in [1.29, 1.82) is 0 Å². The van der Waals surface area contributed by atoms with E-state index in [0.717, 1.165) is 6.07 Å². The average molecular weight is 244 g/mol. The molecule has 0 saturated carbocycles. The van der Waals surface area contributed by atoms with Crippen molar-refractivity contribution in [3.63, 3.8) is 0 Å². The van der Waals surface area contributed by atoms with E-state index in [0.29, 0.717) is 6.07 Å². The predicted molar refractivity (Wildman–Crippen MR) is 53.8 cm³/mol. The Labute approximate surface area is 94.7 Å². The molecule has 0 fully saturated rings. The Morgan fingerprint density at radius 3 is 2.41 bits per heavy atom. The quantitative estimate of drug-likeness (QED) is 0.677. The highest BCUT2D eigenvalue weighted by Crippen LogP contribution is 2.35. The topological polar surface area (TPSA) is 13.1 Å². The standard InChI is InChI=1S/C12H8F4O/c1-7-5-8(11-3-2-4-17-11)10(13)6-9(7)12(14,15)16/h2-6H,1H3. The van der Waals surface area contributed by atoms with Crippen LogP contribution in [0.5, 0.6) is 0 Å². The normalized spacial score (nSPS) is 11.8. The van der Waals surface area contributed by atoms with E-state index in [-0.39, 0.29) is 16.9 Å². The molecule has 0 unspecified atom stereocenters. The summed E-state index contributed by atoms with van der Waals surface area (Å²) in [6.07, 6.45) is -3.21. The fourth-order valence-corrected chi connectivity index (χ4v) is 1.61. The van der Waals surface area contributed by atoms with Gasteiger partial charge in [0.2, 0.25) is 0 Å². The van der Waals surface area contributed by atoms with Crippen LogP contribution in [0.4, 0.5) is 17.6 Å². The first-order valence-electron chi connectivity index (χ1n) is 4.81. The zero-order valence-corrected chi connectivity index (χ0v) is 8.81. The summed E-state index contributed by atoms with van der Waals surface area (Å²) in [5, 5.41) is 0. The minimum absolute atomic E-state index is 0.0282. The minimum atomic E-state index is -4.55.